The summed E-state index contributed by atoms with van der Waals surface area (Å²) in [7, 11) is 3.38. The first-order valence-corrected chi connectivity index (χ1v) is 11.0. The molecule has 1 unspecified atom stereocenters. The fourth-order valence-electron chi connectivity index (χ4n) is 3.50. The Morgan fingerprint density at radius 2 is 1.69 bits per heavy atom. The van der Waals surface area contributed by atoms with Gasteiger partial charge in [-0.25, -0.2) is 4.79 Å². The SMILES string of the molecule is CN[C@@H](Cc1ccccc1)C(=O)N[C@H](C(=O)N(C)C(C=C(C)C(=O)O)C(C)C)C(C)(C)C. The molecule has 0 fully saturated rings. The Morgan fingerprint density at radius 1 is 1.12 bits per heavy atom. The molecule has 3 atom stereocenters. The number of rotatable bonds is 10. The highest BCUT2D eigenvalue weighted by Crippen LogP contribution is 2.24. The van der Waals surface area contributed by atoms with Gasteiger partial charge in [-0.15, -0.1) is 0 Å². The van der Waals surface area contributed by atoms with Gasteiger partial charge in [0.05, 0.1) is 12.1 Å². The number of likely N-dealkylation sites (N-methyl/N-ethyl adjacent to an activating group) is 2. The van der Waals surface area contributed by atoms with Crippen LogP contribution >= 0.6 is 0 Å². The van der Waals surface area contributed by atoms with Crippen molar-refractivity contribution >= 4 is 17.8 Å². The van der Waals surface area contributed by atoms with Gasteiger partial charge >= 0.3 is 5.97 Å². The lowest BCUT2D eigenvalue weighted by molar-refractivity contribution is -0.140. The first-order valence-electron chi connectivity index (χ1n) is 11.0. The van der Waals surface area contributed by atoms with E-state index in [4.69, 9.17) is 0 Å². The summed E-state index contributed by atoms with van der Waals surface area (Å²) >= 11 is 0. The lowest BCUT2D eigenvalue weighted by Gasteiger charge is -2.38. The fourth-order valence-corrected chi connectivity index (χ4v) is 3.50. The fraction of sp³-hybridized carbons (Fsp3) is 0.560. The summed E-state index contributed by atoms with van der Waals surface area (Å²) < 4.78 is 0. The topological polar surface area (TPSA) is 98.7 Å². The lowest BCUT2D eigenvalue weighted by atomic mass is 9.84. The van der Waals surface area contributed by atoms with E-state index >= 15 is 0 Å². The van der Waals surface area contributed by atoms with Gasteiger partial charge in [-0.1, -0.05) is 71.0 Å². The molecule has 0 radical (unpaired) electrons. The highest BCUT2D eigenvalue weighted by Gasteiger charge is 2.38. The molecule has 2 amide bonds. The third-order valence-electron chi connectivity index (χ3n) is 5.58. The first-order chi connectivity index (χ1) is 14.8. The van der Waals surface area contributed by atoms with E-state index in [9.17, 15) is 19.5 Å². The predicted molar refractivity (Wildman–Crippen MR) is 127 cm³/mol. The maximum atomic E-state index is 13.5. The molecule has 0 aliphatic carbocycles. The van der Waals surface area contributed by atoms with Gasteiger partial charge in [0.2, 0.25) is 11.8 Å². The van der Waals surface area contributed by atoms with Crippen molar-refractivity contribution in [2.75, 3.05) is 14.1 Å². The standard InChI is InChI=1S/C25H39N3O4/c1-16(2)20(14-17(3)24(31)32)28(8)23(30)21(25(4,5)6)27-22(29)19(26-7)15-18-12-10-9-11-13-18/h9-14,16,19-21,26H,15H2,1-8H3,(H,27,29)(H,31,32)/t19-,20?,21+/m0/s1. The van der Waals surface area contributed by atoms with E-state index in [1.54, 1.807) is 25.1 Å². The number of nitrogens with one attached hydrogen (secondary N) is 2. The first kappa shape index (κ1) is 27.4. The zero-order valence-electron chi connectivity index (χ0n) is 20.6. The molecular weight excluding hydrogens is 406 g/mol. The number of carbonyl (C=O) groups is 3. The Bertz CT molecular complexity index is 812. The third-order valence-corrected chi connectivity index (χ3v) is 5.58. The lowest BCUT2D eigenvalue weighted by Crippen LogP contribution is -2.59. The molecule has 0 spiro atoms. The molecule has 32 heavy (non-hydrogen) atoms. The van der Waals surface area contributed by atoms with E-state index < -0.39 is 29.5 Å². The van der Waals surface area contributed by atoms with Crippen molar-refractivity contribution < 1.29 is 19.5 Å². The van der Waals surface area contributed by atoms with Gasteiger partial charge in [0.15, 0.2) is 0 Å². The van der Waals surface area contributed by atoms with Gasteiger partial charge in [-0.2, -0.15) is 0 Å². The number of carboxylic acids is 1. The predicted octanol–water partition coefficient (Wildman–Crippen LogP) is 2.86. The minimum atomic E-state index is -1.02. The molecule has 1 aromatic rings. The highest BCUT2D eigenvalue weighted by atomic mass is 16.4. The number of carbonyl (C=O) groups excluding carboxylic acids is 2. The Hall–Kier alpha value is -2.67. The summed E-state index contributed by atoms with van der Waals surface area (Å²) in [4.78, 5) is 39.5. The maximum absolute atomic E-state index is 13.5. The molecule has 0 aliphatic rings. The summed E-state index contributed by atoms with van der Waals surface area (Å²) in [6, 6.07) is 8.02. The average molecular weight is 446 g/mol. The van der Waals surface area contributed by atoms with Crippen LogP contribution in [0.4, 0.5) is 0 Å². The summed E-state index contributed by atoms with van der Waals surface area (Å²) in [5.41, 5.74) is 0.656. The van der Waals surface area contributed by atoms with Crippen LogP contribution in [-0.4, -0.2) is 60.0 Å². The summed E-state index contributed by atoms with van der Waals surface area (Å²) in [6.07, 6.45) is 2.09. The maximum Gasteiger partial charge on any atom is 0.331 e. The number of aliphatic carboxylic acids is 1. The molecule has 0 aliphatic heterocycles. The van der Waals surface area contributed by atoms with Crippen LogP contribution in [0.5, 0.6) is 0 Å². The van der Waals surface area contributed by atoms with Crippen molar-refractivity contribution in [3.05, 3.63) is 47.5 Å². The minimum Gasteiger partial charge on any atom is -0.478 e. The molecule has 0 saturated carbocycles. The third kappa shape index (κ3) is 7.79. The van der Waals surface area contributed by atoms with Gasteiger partial charge in [0.25, 0.3) is 0 Å². The van der Waals surface area contributed by atoms with Crippen LogP contribution in [-0.2, 0) is 20.8 Å². The summed E-state index contributed by atoms with van der Waals surface area (Å²) in [5, 5.41) is 15.3. The summed E-state index contributed by atoms with van der Waals surface area (Å²) in [5.74, 6) is -1.53. The highest BCUT2D eigenvalue weighted by molar-refractivity contribution is 5.91. The molecule has 1 rings (SSSR count). The second kappa shape index (κ2) is 11.8. The van der Waals surface area contributed by atoms with Crippen LogP contribution in [0.15, 0.2) is 42.0 Å². The average Bonchev–Trinajstić information content (AvgIpc) is 2.72. The van der Waals surface area contributed by atoms with E-state index in [0.29, 0.717) is 6.42 Å². The van der Waals surface area contributed by atoms with Crippen molar-refractivity contribution in [1.29, 1.82) is 0 Å². The smallest absolute Gasteiger partial charge is 0.331 e. The van der Waals surface area contributed by atoms with Crippen LogP contribution in [0.3, 0.4) is 0 Å². The molecule has 0 saturated heterocycles. The summed E-state index contributed by atoms with van der Waals surface area (Å²) in [6.45, 7) is 11.1. The molecule has 0 heterocycles. The molecule has 7 heteroatoms. The van der Waals surface area contributed by atoms with Crippen molar-refractivity contribution in [1.82, 2.24) is 15.5 Å². The van der Waals surface area contributed by atoms with Crippen LogP contribution in [0.25, 0.3) is 0 Å². The van der Waals surface area contributed by atoms with E-state index in [1.807, 2.05) is 65.0 Å². The van der Waals surface area contributed by atoms with Gasteiger partial charge in [0, 0.05) is 12.6 Å². The molecule has 0 bridgehead atoms. The number of amides is 2. The molecule has 178 valence electrons. The molecular formula is C25H39N3O4. The molecule has 3 N–H and O–H groups in total. The van der Waals surface area contributed by atoms with E-state index in [-0.39, 0.29) is 23.3 Å². The van der Waals surface area contributed by atoms with Crippen LogP contribution in [0.1, 0.15) is 47.1 Å². The molecule has 7 nitrogen and oxygen atoms in total. The van der Waals surface area contributed by atoms with Crippen molar-refractivity contribution in [2.45, 2.75) is 66.1 Å². The monoisotopic (exact) mass is 445 g/mol. The van der Waals surface area contributed by atoms with Gasteiger partial charge in [-0.05, 0) is 37.3 Å². The second-order valence-corrected chi connectivity index (χ2v) is 9.68. The van der Waals surface area contributed by atoms with Crippen LogP contribution < -0.4 is 10.6 Å². The number of hydrogen-bond acceptors (Lipinski definition) is 4. The number of carboxylic acid groups (broad SMARTS) is 1. The van der Waals surface area contributed by atoms with Crippen molar-refractivity contribution in [2.24, 2.45) is 11.3 Å². The number of hydrogen-bond donors (Lipinski definition) is 3. The van der Waals surface area contributed by atoms with E-state index in [1.165, 1.54) is 6.92 Å². The number of nitrogens with zero attached hydrogens (tertiary/aromatic N) is 1. The van der Waals surface area contributed by atoms with E-state index in [2.05, 4.69) is 10.6 Å². The quantitative estimate of drug-likeness (QED) is 0.481. The van der Waals surface area contributed by atoms with Crippen LogP contribution in [0.2, 0.25) is 0 Å². The Balaban J connectivity index is 3.13. The van der Waals surface area contributed by atoms with Gasteiger partial charge in [-0.3, -0.25) is 9.59 Å². The normalized spacial score (nSPS) is 15.1. The van der Waals surface area contributed by atoms with Gasteiger partial charge < -0.3 is 20.6 Å². The Morgan fingerprint density at radius 3 is 2.12 bits per heavy atom. The molecule has 0 aromatic heterocycles. The van der Waals surface area contributed by atoms with Gasteiger partial charge in [0.1, 0.15) is 6.04 Å². The number of benzene rings is 1. The van der Waals surface area contributed by atoms with E-state index in [0.717, 1.165) is 5.56 Å². The Labute approximate surface area is 192 Å². The Kier molecular flexibility index (Phi) is 10.1. The largest absolute Gasteiger partial charge is 0.478 e. The van der Waals surface area contributed by atoms with Crippen molar-refractivity contribution in [3.63, 3.8) is 0 Å². The van der Waals surface area contributed by atoms with Crippen LogP contribution in [0, 0.1) is 11.3 Å². The zero-order valence-corrected chi connectivity index (χ0v) is 20.6. The second-order valence-electron chi connectivity index (χ2n) is 9.68. The molecule has 1 aromatic carbocycles. The minimum absolute atomic E-state index is 0.00212. The van der Waals surface area contributed by atoms with Crippen molar-refractivity contribution in [3.8, 4) is 0 Å². The zero-order chi connectivity index (χ0) is 24.6.